The molecule has 1 fully saturated rings. The average Bonchev–Trinajstić information content (AvgIpc) is 2.91. The lowest BCUT2D eigenvalue weighted by Gasteiger charge is -2.24. The number of amides is 4. The van der Waals surface area contributed by atoms with E-state index in [1.54, 1.807) is 6.92 Å². The molecule has 32 heavy (non-hydrogen) atoms. The topological polar surface area (TPSA) is 78.5 Å². The van der Waals surface area contributed by atoms with Crippen LogP contribution in [0.1, 0.15) is 65.2 Å². The van der Waals surface area contributed by atoms with Crippen LogP contribution in [0.2, 0.25) is 0 Å². The molecule has 2 N–H and O–H groups in total. The zero-order valence-corrected chi connectivity index (χ0v) is 20.0. The molecule has 2 aromatic rings. The van der Waals surface area contributed by atoms with Gasteiger partial charge in [0.2, 0.25) is 5.91 Å². The Morgan fingerprint density at radius 3 is 1.81 bits per heavy atom. The molecule has 0 bridgehead atoms. The smallest absolute Gasteiger partial charge is 0.325 e. The highest BCUT2D eigenvalue weighted by Gasteiger charge is 2.49. The molecule has 3 rings (SSSR count). The molecule has 4 amide bonds. The zero-order valence-electron chi connectivity index (χ0n) is 20.0. The third kappa shape index (κ3) is 4.69. The van der Waals surface area contributed by atoms with Crippen molar-refractivity contribution >= 4 is 23.5 Å². The molecule has 1 aliphatic rings. The van der Waals surface area contributed by atoms with Gasteiger partial charge < -0.3 is 10.6 Å². The molecule has 6 heteroatoms. The number of nitrogens with zero attached hydrogens (tertiary/aromatic N) is 1. The Hall–Kier alpha value is -3.15. The van der Waals surface area contributed by atoms with Gasteiger partial charge in [-0.3, -0.25) is 14.5 Å². The summed E-state index contributed by atoms with van der Waals surface area (Å²) in [7, 11) is 0. The zero-order chi connectivity index (χ0) is 23.9. The Kier molecular flexibility index (Phi) is 5.94. The number of urea groups is 1. The summed E-state index contributed by atoms with van der Waals surface area (Å²) in [5.74, 6) is -0.867. The number of hydrogen-bond acceptors (Lipinski definition) is 3. The number of carbonyl (C=O) groups is 3. The number of anilines is 1. The predicted molar refractivity (Wildman–Crippen MR) is 127 cm³/mol. The summed E-state index contributed by atoms with van der Waals surface area (Å²) < 4.78 is 0. The molecule has 1 saturated heterocycles. The highest BCUT2D eigenvalue weighted by Crippen LogP contribution is 2.31. The van der Waals surface area contributed by atoms with Crippen LogP contribution in [0.5, 0.6) is 0 Å². The summed E-state index contributed by atoms with van der Waals surface area (Å²) in [6.45, 7) is 14.0. The number of nitrogens with one attached hydrogen (secondary N) is 2. The molecule has 6 nitrogen and oxygen atoms in total. The van der Waals surface area contributed by atoms with E-state index in [4.69, 9.17) is 0 Å². The van der Waals surface area contributed by atoms with Crippen LogP contribution in [0.4, 0.5) is 10.5 Å². The van der Waals surface area contributed by atoms with Crippen LogP contribution < -0.4 is 10.6 Å². The first-order valence-electron chi connectivity index (χ1n) is 10.9. The van der Waals surface area contributed by atoms with Crippen LogP contribution in [-0.4, -0.2) is 29.3 Å². The van der Waals surface area contributed by atoms with E-state index in [0.29, 0.717) is 11.3 Å². The summed E-state index contributed by atoms with van der Waals surface area (Å²) in [6.07, 6.45) is 0. The second-order valence-electron chi connectivity index (χ2n) is 10.6. The van der Waals surface area contributed by atoms with E-state index >= 15 is 0 Å². The van der Waals surface area contributed by atoms with Gasteiger partial charge in [0.05, 0.1) is 0 Å². The van der Waals surface area contributed by atoms with Crippen molar-refractivity contribution in [2.24, 2.45) is 0 Å². The fourth-order valence-corrected chi connectivity index (χ4v) is 3.74. The molecule has 0 aromatic heterocycles. The number of hydrogen-bond donors (Lipinski definition) is 2. The van der Waals surface area contributed by atoms with Gasteiger partial charge in [-0.25, -0.2) is 4.79 Å². The Bertz CT molecular complexity index is 1030. The van der Waals surface area contributed by atoms with Crippen LogP contribution in [0, 0.1) is 0 Å². The molecule has 1 aliphatic heterocycles. The van der Waals surface area contributed by atoms with Crippen LogP contribution in [0.25, 0.3) is 0 Å². The van der Waals surface area contributed by atoms with Gasteiger partial charge in [0.1, 0.15) is 12.1 Å². The Morgan fingerprint density at radius 1 is 0.875 bits per heavy atom. The molecule has 0 aliphatic carbocycles. The highest BCUT2D eigenvalue weighted by atomic mass is 16.2. The van der Waals surface area contributed by atoms with E-state index in [-0.39, 0.29) is 17.4 Å². The maximum Gasteiger partial charge on any atom is 0.325 e. The maximum absolute atomic E-state index is 13.1. The lowest BCUT2D eigenvalue weighted by atomic mass is 9.84. The first-order valence-corrected chi connectivity index (χ1v) is 10.9. The Morgan fingerprint density at radius 2 is 1.34 bits per heavy atom. The fourth-order valence-electron chi connectivity index (χ4n) is 3.74. The molecule has 2 aromatic carbocycles. The van der Waals surface area contributed by atoms with Crippen molar-refractivity contribution in [3.05, 3.63) is 65.2 Å². The van der Waals surface area contributed by atoms with Gasteiger partial charge >= 0.3 is 6.03 Å². The van der Waals surface area contributed by atoms with Crippen molar-refractivity contribution < 1.29 is 14.4 Å². The first-order chi connectivity index (χ1) is 14.7. The lowest BCUT2D eigenvalue weighted by molar-refractivity contribution is -0.133. The average molecular weight is 436 g/mol. The van der Waals surface area contributed by atoms with E-state index in [9.17, 15) is 14.4 Å². The number of benzene rings is 2. The van der Waals surface area contributed by atoms with Crippen LogP contribution >= 0.6 is 0 Å². The van der Waals surface area contributed by atoms with E-state index in [0.717, 1.165) is 16.0 Å². The van der Waals surface area contributed by atoms with Crippen molar-refractivity contribution in [3.8, 4) is 0 Å². The van der Waals surface area contributed by atoms with E-state index in [2.05, 4.69) is 52.2 Å². The normalized spacial score (nSPS) is 19.2. The van der Waals surface area contributed by atoms with E-state index in [1.807, 2.05) is 48.5 Å². The van der Waals surface area contributed by atoms with Crippen molar-refractivity contribution in [1.29, 1.82) is 0 Å². The van der Waals surface area contributed by atoms with Gasteiger partial charge in [-0.1, -0.05) is 77.9 Å². The third-order valence-corrected chi connectivity index (χ3v) is 5.94. The van der Waals surface area contributed by atoms with Crippen molar-refractivity contribution in [3.63, 3.8) is 0 Å². The molecule has 1 atom stereocenters. The van der Waals surface area contributed by atoms with Gasteiger partial charge in [-0.15, -0.1) is 0 Å². The summed E-state index contributed by atoms with van der Waals surface area (Å²) in [5, 5.41) is 5.52. The van der Waals surface area contributed by atoms with Crippen molar-refractivity contribution in [2.75, 3.05) is 11.9 Å². The standard InChI is InChI=1S/C26H33N3O3/c1-24(2,3)17-8-10-19(11-9-17)26(7)22(31)29(23(32)28-26)16-21(30)27-20-14-12-18(13-15-20)25(4,5)6/h8-15H,16H2,1-7H3,(H,27,30)(H,28,32). The van der Waals surface area contributed by atoms with Crippen LogP contribution in [-0.2, 0) is 26.0 Å². The minimum Gasteiger partial charge on any atom is -0.325 e. The van der Waals surface area contributed by atoms with Gasteiger partial charge in [0.25, 0.3) is 5.91 Å². The van der Waals surface area contributed by atoms with Crippen molar-refractivity contribution in [1.82, 2.24) is 10.2 Å². The van der Waals surface area contributed by atoms with Gasteiger partial charge in [0, 0.05) is 5.69 Å². The summed E-state index contributed by atoms with van der Waals surface area (Å²) >= 11 is 0. The van der Waals surface area contributed by atoms with Crippen LogP contribution in [0.15, 0.2) is 48.5 Å². The quantitative estimate of drug-likeness (QED) is 0.684. The fraction of sp³-hybridized carbons (Fsp3) is 0.423. The second-order valence-corrected chi connectivity index (χ2v) is 10.6. The SMILES string of the molecule is CC(C)(C)c1ccc(NC(=O)CN2C(=O)NC(C)(c3ccc(C(C)(C)C)cc3)C2=O)cc1. The maximum atomic E-state index is 13.1. The minimum atomic E-state index is -1.21. The molecule has 1 heterocycles. The molecule has 1 unspecified atom stereocenters. The van der Waals surface area contributed by atoms with Crippen LogP contribution in [0.3, 0.4) is 0 Å². The Balaban J connectivity index is 1.71. The van der Waals surface area contributed by atoms with Gasteiger partial charge in [-0.2, -0.15) is 0 Å². The molecular weight excluding hydrogens is 402 g/mol. The molecule has 0 radical (unpaired) electrons. The monoisotopic (exact) mass is 435 g/mol. The Labute approximate surface area is 190 Å². The highest BCUT2D eigenvalue weighted by molar-refractivity contribution is 6.10. The summed E-state index contributed by atoms with van der Waals surface area (Å²) in [4.78, 5) is 39.2. The predicted octanol–water partition coefficient (Wildman–Crippen LogP) is 4.69. The summed E-state index contributed by atoms with van der Waals surface area (Å²) in [5.41, 5.74) is 2.38. The number of carbonyl (C=O) groups excluding carboxylic acids is 3. The third-order valence-electron chi connectivity index (χ3n) is 5.94. The van der Waals surface area contributed by atoms with E-state index < -0.39 is 23.4 Å². The lowest BCUT2D eigenvalue weighted by Crippen LogP contribution is -2.42. The molecule has 0 saturated carbocycles. The first kappa shape index (κ1) is 23.5. The minimum absolute atomic E-state index is 0.0120. The summed E-state index contributed by atoms with van der Waals surface area (Å²) in [6, 6.07) is 14.7. The molecule has 170 valence electrons. The van der Waals surface area contributed by atoms with Gasteiger partial charge in [-0.05, 0) is 46.6 Å². The van der Waals surface area contributed by atoms with Gasteiger partial charge in [0.15, 0.2) is 0 Å². The van der Waals surface area contributed by atoms with E-state index in [1.165, 1.54) is 0 Å². The largest absolute Gasteiger partial charge is 0.325 e. The van der Waals surface area contributed by atoms with Crippen molar-refractivity contribution in [2.45, 2.75) is 64.8 Å². The molecular formula is C26H33N3O3. The number of rotatable bonds is 4. The number of imide groups is 1. The second kappa shape index (κ2) is 8.08. The molecule has 0 spiro atoms.